The molecule has 2 aromatic rings. The summed E-state index contributed by atoms with van der Waals surface area (Å²) in [6.45, 7) is 4.02. The summed E-state index contributed by atoms with van der Waals surface area (Å²) in [5, 5.41) is 12.0. The van der Waals surface area contributed by atoms with E-state index in [0.29, 0.717) is 12.1 Å². The minimum absolute atomic E-state index is 0.0561. The number of anilines is 1. The smallest absolute Gasteiger partial charge is 0.228 e. The molecule has 0 atom stereocenters. The van der Waals surface area contributed by atoms with Crippen LogP contribution in [0.3, 0.4) is 0 Å². The van der Waals surface area contributed by atoms with Gasteiger partial charge < -0.3 is 10.4 Å². The minimum Gasteiger partial charge on any atom is -0.508 e. The van der Waals surface area contributed by atoms with Crippen molar-refractivity contribution in [3.05, 3.63) is 59.2 Å². The lowest BCUT2D eigenvalue weighted by atomic mass is 10.0. The lowest BCUT2D eigenvalue weighted by Crippen LogP contribution is -2.15. The van der Waals surface area contributed by atoms with Crippen molar-refractivity contribution in [2.45, 2.75) is 20.3 Å². The van der Waals surface area contributed by atoms with Gasteiger partial charge >= 0.3 is 0 Å². The number of aryl methyl sites for hydroxylation is 2. The van der Waals surface area contributed by atoms with E-state index in [-0.39, 0.29) is 11.7 Å². The summed E-state index contributed by atoms with van der Waals surface area (Å²) in [6.07, 6.45) is 0.356. The van der Waals surface area contributed by atoms with Crippen LogP contribution in [0.4, 0.5) is 5.69 Å². The van der Waals surface area contributed by atoms with Gasteiger partial charge in [0, 0.05) is 5.69 Å². The fraction of sp³-hybridized carbons (Fsp3) is 0.188. The van der Waals surface area contributed by atoms with E-state index >= 15 is 0 Å². The molecule has 0 aromatic heterocycles. The number of hydrogen-bond donors (Lipinski definition) is 2. The van der Waals surface area contributed by atoms with E-state index in [9.17, 15) is 9.90 Å². The van der Waals surface area contributed by atoms with Gasteiger partial charge in [0.2, 0.25) is 5.91 Å². The molecule has 2 rings (SSSR count). The number of aromatic hydroxyl groups is 1. The molecule has 0 fully saturated rings. The van der Waals surface area contributed by atoms with Crippen LogP contribution in [0.1, 0.15) is 16.7 Å². The molecule has 3 nitrogen and oxygen atoms in total. The van der Waals surface area contributed by atoms with Gasteiger partial charge in [0.05, 0.1) is 6.42 Å². The quantitative estimate of drug-likeness (QED) is 0.827. The SMILES string of the molecule is Cc1ccc(C)c(CC(=O)Nc2ccc(O)cc2)c1. The maximum absolute atomic E-state index is 12.0. The first-order valence-electron chi connectivity index (χ1n) is 6.19. The lowest BCUT2D eigenvalue weighted by Gasteiger charge is -2.08. The van der Waals surface area contributed by atoms with Gasteiger partial charge in [-0.15, -0.1) is 0 Å². The van der Waals surface area contributed by atoms with Gasteiger partial charge in [-0.1, -0.05) is 23.8 Å². The third-order valence-electron chi connectivity index (χ3n) is 3.01. The van der Waals surface area contributed by atoms with Gasteiger partial charge in [0.15, 0.2) is 0 Å². The van der Waals surface area contributed by atoms with Gasteiger partial charge in [0.1, 0.15) is 5.75 Å². The zero-order valence-electron chi connectivity index (χ0n) is 11.1. The molecular formula is C16H17NO2. The van der Waals surface area contributed by atoms with Crippen LogP contribution >= 0.6 is 0 Å². The zero-order chi connectivity index (χ0) is 13.8. The van der Waals surface area contributed by atoms with Crippen LogP contribution in [0.15, 0.2) is 42.5 Å². The van der Waals surface area contributed by atoms with Crippen LogP contribution < -0.4 is 5.32 Å². The Labute approximate surface area is 112 Å². The van der Waals surface area contributed by atoms with Crippen LogP contribution in [-0.4, -0.2) is 11.0 Å². The third-order valence-corrected chi connectivity index (χ3v) is 3.01. The zero-order valence-corrected chi connectivity index (χ0v) is 11.1. The number of rotatable bonds is 3. The molecule has 0 heterocycles. The van der Waals surface area contributed by atoms with Crippen LogP contribution in [0, 0.1) is 13.8 Å². The molecule has 0 bridgehead atoms. The third kappa shape index (κ3) is 3.58. The molecule has 1 amide bonds. The van der Waals surface area contributed by atoms with E-state index in [1.54, 1.807) is 24.3 Å². The maximum atomic E-state index is 12.0. The van der Waals surface area contributed by atoms with Crippen LogP contribution in [0.25, 0.3) is 0 Å². The first-order valence-corrected chi connectivity index (χ1v) is 6.19. The normalized spacial score (nSPS) is 10.2. The van der Waals surface area contributed by atoms with Crippen LogP contribution in [0.5, 0.6) is 5.75 Å². The molecule has 0 aliphatic heterocycles. The summed E-state index contributed by atoms with van der Waals surface area (Å²) >= 11 is 0. The largest absolute Gasteiger partial charge is 0.508 e. The monoisotopic (exact) mass is 255 g/mol. The Kier molecular flexibility index (Phi) is 3.85. The van der Waals surface area contributed by atoms with E-state index in [0.717, 1.165) is 16.7 Å². The summed E-state index contributed by atoms with van der Waals surface area (Å²) in [5.74, 6) is 0.131. The maximum Gasteiger partial charge on any atom is 0.228 e. The highest BCUT2D eigenvalue weighted by molar-refractivity contribution is 5.92. The predicted octanol–water partition coefficient (Wildman–Crippen LogP) is 3.19. The van der Waals surface area contributed by atoms with Gasteiger partial charge in [-0.2, -0.15) is 0 Å². The Bertz CT molecular complexity index is 588. The minimum atomic E-state index is -0.0561. The fourth-order valence-electron chi connectivity index (χ4n) is 1.91. The van der Waals surface area contributed by atoms with Gasteiger partial charge in [0.25, 0.3) is 0 Å². The second-order valence-corrected chi connectivity index (χ2v) is 4.70. The number of nitrogens with one attached hydrogen (secondary N) is 1. The van der Waals surface area contributed by atoms with Gasteiger partial charge in [-0.3, -0.25) is 4.79 Å². The van der Waals surface area contributed by atoms with Crippen molar-refractivity contribution in [2.75, 3.05) is 5.32 Å². The Morgan fingerprint density at radius 3 is 2.47 bits per heavy atom. The first-order chi connectivity index (χ1) is 9.04. The molecule has 0 spiro atoms. The van der Waals surface area contributed by atoms with Crippen molar-refractivity contribution in [3.63, 3.8) is 0 Å². The molecule has 0 aliphatic carbocycles. The van der Waals surface area contributed by atoms with E-state index in [2.05, 4.69) is 5.32 Å². The molecule has 3 heteroatoms. The Morgan fingerprint density at radius 1 is 1.11 bits per heavy atom. The number of carbonyl (C=O) groups is 1. The predicted molar refractivity (Wildman–Crippen MR) is 76.4 cm³/mol. The summed E-state index contributed by atoms with van der Waals surface area (Å²) < 4.78 is 0. The van der Waals surface area contributed by atoms with Crippen molar-refractivity contribution in [1.82, 2.24) is 0 Å². The Hall–Kier alpha value is -2.29. The molecule has 2 aromatic carbocycles. The molecule has 2 N–H and O–H groups in total. The van der Waals surface area contributed by atoms with E-state index in [1.165, 1.54) is 0 Å². The summed E-state index contributed by atoms with van der Waals surface area (Å²) in [5.41, 5.74) is 3.99. The summed E-state index contributed by atoms with van der Waals surface area (Å²) in [6, 6.07) is 12.6. The average Bonchev–Trinajstić information content (AvgIpc) is 2.37. The molecule has 98 valence electrons. The number of amides is 1. The van der Waals surface area contributed by atoms with Crippen LogP contribution in [-0.2, 0) is 11.2 Å². The number of hydrogen-bond acceptors (Lipinski definition) is 2. The summed E-state index contributed by atoms with van der Waals surface area (Å²) in [4.78, 5) is 12.0. The van der Waals surface area contributed by atoms with Crippen LogP contribution in [0.2, 0.25) is 0 Å². The molecule has 0 radical (unpaired) electrons. The van der Waals surface area contributed by atoms with E-state index < -0.39 is 0 Å². The van der Waals surface area contributed by atoms with Crippen molar-refractivity contribution < 1.29 is 9.90 Å². The number of phenolic OH excluding ortho intramolecular Hbond substituents is 1. The van der Waals surface area contributed by atoms with E-state index in [4.69, 9.17) is 0 Å². The summed E-state index contributed by atoms with van der Waals surface area (Å²) in [7, 11) is 0. The van der Waals surface area contributed by atoms with Gasteiger partial charge in [-0.25, -0.2) is 0 Å². The average molecular weight is 255 g/mol. The Morgan fingerprint density at radius 2 is 1.79 bits per heavy atom. The van der Waals surface area contributed by atoms with Crippen molar-refractivity contribution in [3.8, 4) is 5.75 Å². The number of carbonyl (C=O) groups excluding carboxylic acids is 1. The van der Waals surface area contributed by atoms with Crippen molar-refractivity contribution in [2.24, 2.45) is 0 Å². The second-order valence-electron chi connectivity index (χ2n) is 4.70. The topological polar surface area (TPSA) is 49.3 Å². The van der Waals surface area contributed by atoms with Gasteiger partial charge in [-0.05, 0) is 49.2 Å². The second kappa shape index (κ2) is 5.57. The molecule has 0 aliphatic rings. The number of benzene rings is 2. The molecule has 19 heavy (non-hydrogen) atoms. The molecular weight excluding hydrogens is 238 g/mol. The van der Waals surface area contributed by atoms with E-state index in [1.807, 2.05) is 32.0 Å². The van der Waals surface area contributed by atoms with Crippen molar-refractivity contribution in [1.29, 1.82) is 0 Å². The first kappa shape index (κ1) is 13.1. The lowest BCUT2D eigenvalue weighted by molar-refractivity contribution is -0.115. The van der Waals surface area contributed by atoms with Crippen molar-refractivity contribution >= 4 is 11.6 Å². The highest BCUT2D eigenvalue weighted by Crippen LogP contribution is 2.15. The number of phenols is 1. The fourth-order valence-corrected chi connectivity index (χ4v) is 1.91. The molecule has 0 saturated heterocycles. The molecule has 0 unspecified atom stereocenters. The highest BCUT2D eigenvalue weighted by Gasteiger charge is 2.06. The molecule has 0 saturated carbocycles. The highest BCUT2D eigenvalue weighted by atomic mass is 16.3. The standard InChI is InChI=1S/C16H17NO2/c1-11-3-4-12(2)13(9-11)10-16(19)17-14-5-7-15(18)8-6-14/h3-9,18H,10H2,1-2H3,(H,17,19). The Balaban J connectivity index is 2.05.